The zero-order valence-corrected chi connectivity index (χ0v) is 17.8. The molecular weight excluding hydrogens is 395 g/mol. The molecule has 1 fully saturated rings. The highest BCUT2D eigenvalue weighted by atomic mass is 35.5. The molecule has 2 aromatic rings. The third-order valence-corrected chi connectivity index (χ3v) is 7.88. The molecule has 0 atom stereocenters. The minimum Gasteiger partial charge on any atom is -0.300 e. The summed E-state index contributed by atoms with van der Waals surface area (Å²) in [5.41, 5.74) is 7.35. The Hall–Kier alpha value is -1.49. The molecule has 1 aromatic heterocycles. The van der Waals surface area contributed by atoms with Crippen LogP contribution in [0.3, 0.4) is 0 Å². The molecule has 4 rings (SSSR count). The maximum absolute atomic E-state index is 12.7. The van der Waals surface area contributed by atoms with E-state index in [4.69, 9.17) is 25.6 Å². The minimum absolute atomic E-state index is 0.628. The van der Waals surface area contributed by atoms with E-state index in [-0.39, 0.29) is 0 Å². The number of hydrogen-bond acceptors (Lipinski definition) is 4. The van der Waals surface area contributed by atoms with Crippen LogP contribution >= 0.6 is 19.3 Å². The summed E-state index contributed by atoms with van der Waals surface area (Å²) in [7, 11) is -0.324. The maximum atomic E-state index is 12.7. The lowest BCUT2D eigenvalue weighted by Gasteiger charge is -2.33. The van der Waals surface area contributed by atoms with Gasteiger partial charge in [0.25, 0.3) is 0 Å². The van der Waals surface area contributed by atoms with Gasteiger partial charge in [0, 0.05) is 44.1 Å². The van der Waals surface area contributed by atoms with Gasteiger partial charge >= 0.3 is 7.75 Å². The van der Waals surface area contributed by atoms with Crippen molar-refractivity contribution in [1.82, 2.24) is 9.65 Å². The van der Waals surface area contributed by atoms with Crippen molar-refractivity contribution in [2.24, 2.45) is 0 Å². The first kappa shape index (κ1) is 19.8. The third kappa shape index (κ3) is 3.58. The molecule has 28 heavy (non-hydrogen) atoms. The summed E-state index contributed by atoms with van der Waals surface area (Å²) >= 11 is 6.28. The monoisotopic (exact) mass is 418 g/mol. The fraction of sp³-hybridized carbons (Fsp3) is 0.381. The third-order valence-electron chi connectivity index (χ3n) is 5.63. The topological polar surface area (TPSA) is 51.7 Å². The SMILES string of the molecule is COP(=O)(OC)N1CCC(=C2c3ccc(Cl)cc3CCc3cccnc32)CC1. The highest BCUT2D eigenvalue weighted by Gasteiger charge is 2.34. The molecule has 0 saturated carbocycles. The van der Waals surface area contributed by atoms with Crippen LogP contribution in [0.2, 0.25) is 5.02 Å². The molecule has 1 aromatic carbocycles. The first-order valence-electron chi connectivity index (χ1n) is 9.48. The summed E-state index contributed by atoms with van der Waals surface area (Å²) in [6.45, 7) is 1.26. The van der Waals surface area contributed by atoms with E-state index in [1.54, 1.807) is 0 Å². The summed E-state index contributed by atoms with van der Waals surface area (Å²) in [4.78, 5) is 4.75. The predicted octanol–water partition coefficient (Wildman–Crippen LogP) is 5.13. The maximum Gasteiger partial charge on any atom is 0.407 e. The van der Waals surface area contributed by atoms with Crippen LogP contribution in [0.15, 0.2) is 42.1 Å². The van der Waals surface area contributed by atoms with Crippen LogP contribution in [0.5, 0.6) is 0 Å². The zero-order valence-electron chi connectivity index (χ0n) is 16.2. The highest BCUT2D eigenvalue weighted by Crippen LogP contribution is 2.52. The number of fused-ring (bicyclic) bond motifs is 2. The van der Waals surface area contributed by atoms with Gasteiger partial charge in [0.2, 0.25) is 0 Å². The Morgan fingerprint density at radius 2 is 1.75 bits per heavy atom. The van der Waals surface area contributed by atoms with E-state index in [1.165, 1.54) is 42.1 Å². The van der Waals surface area contributed by atoms with Crippen LogP contribution in [0, 0.1) is 0 Å². The summed E-state index contributed by atoms with van der Waals surface area (Å²) in [6, 6.07) is 10.3. The number of piperidine rings is 1. The predicted molar refractivity (Wildman–Crippen MR) is 112 cm³/mol. The van der Waals surface area contributed by atoms with Crippen molar-refractivity contribution in [1.29, 1.82) is 0 Å². The number of pyridine rings is 1. The largest absolute Gasteiger partial charge is 0.407 e. The molecule has 1 aliphatic heterocycles. The van der Waals surface area contributed by atoms with E-state index >= 15 is 0 Å². The van der Waals surface area contributed by atoms with Gasteiger partial charge in [0.15, 0.2) is 0 Å². The van der Waals surface area contributed by atoms with Crippen molar-refractivity contribution in [2.75, 3.05) is 27.3 Å². The van der Waals surface area contributed by atoms with Crippen molar-refractivity contribution in [3.05, 3.63) is 69.5 Å². The van der Waals surface area contributed by atoms with E-state index in [2.05, 4.69) is 18.2 Å². The molecule has 0 unspecified atom stereocenters. The Labute approximate surface area is 170 Å². The van der Waals surface area contributed by atoms with Gasteiger partial charge in [-0.3, -0.25) is 14.0 Å². The zero-order chi connectivity index (χ0) is 19.7. The van der Waals surface area contributed by atoms with Gasteiger partial charge in [-0.15, -0.1) is 0 Å². The van der Waals surface area contributed by atoms with E-state index in [0.29, 0.717) is 13.1 Å². The van der Waals surface area contributed by atoms with Crippen molar-refractivity contribution in [3.8, 4) is 0 Å². The van der Waals surface area contributed by atoms with Gasteiger partial charge in [-0.2, -0.15) is 0 Å². The second-order valence-corrected chi connectivity index (χ2v) is 9.75. The Balaban J connectivity index is 1.78. The molecule has 0 spiro atoms. The van der Waals surface area contributed by atoms with Crippen molar-refractivity contribution in [2.45, 2.75) is 25.7 Å². The van der Waals surface area contributed by atoms with Crippen LogP contribution in [0.4, 0.5) is 0 Å². The second kappa shape index (κ2) is 8.10. The van der Waals surface area contributed by atoms with Gasteiger partial charge in [-0.1, -0.05) is 29.3 Å². The first-order chi connectivity index (χ1) is 13.6. The quantitative estimate of drug-likeness (QED) is 0.646. The fourth-order valence-corrected chi connectivity index (χ4v) is 5.69. The molecule has 1 aliphatic carbocycles. The lowest BCUT2D eigenvalue weighted by atomic mass is 9.89. The van der Waals surface area contributed by atoms with Crippen LogP contribution in [-0.4, -0.2) is 37.0 Å². The number of hydrogen-bond donors (Lipinski definition) is 0. The number of nitrogens with zero attached hydrogens (tertiary/aromatic N) is 2. The molecule has 1 saturated heterocycles. The molecule has 0 amide bonds. The molecule has 2 heterocycles. The molecule has 0 radical (unpaired) electrons. The van der Waals surface area contributed by atoms with E-state index < -0.39 is 7.75 Å². The van der Waals surface area contributed by atoms with E-state index in [9.17, 15) is 4.57 Å². The number of aryl methyl sites for hydroxylation is 2. The van der Waals surface area contributed by atoms with Gasteiger partial charge in [-0.25, -0.2) is 9.24 Å². The minimum atomic E-state index is -3.19. The molecule has 2 aliphatic rings. The highest BCUT2D eigenvalue weighted by molar-refractivity contribution is 7.51. The van der Waals surface area contributed by atoms with E-state index in [0.717, 1.165) is 36.4 Å². The lowest BCUT2D eigenvalue weighted by Crippen LogP contribution is -2.29. The Bertz CT molecular complexity index is 958. The van der Waals surface area contributed by atoms with Gasteiger partial charge in [0.1, 0.15) is 0 Å². The Kier molecular flexibility index (Phi) is 5.73. The van der Waals surface area contributed by atoms with Crippen LogP contribution in [-0.2, 0) is 26.5 Å². The van der Waals surface area contributed by atoms with Gasteiger partial charge in [-0.05, 0) is 60.6 Å². The Morgan fingerprint density at radius 1 is 1.04 bits per heavy atom. The molecule has 148 valence electrons. The summed E-state index contributed by atoms with van der Waals surface area (Å²) < 4.78 is 24.9. The lowest BCUT2D eigenvalue weighted by molar-refractivity contribution is 0.202. The van der Waals surface area contributed by atoms with Crippen LogP contribution < -0.4 is 0 Å². The van der Waals surface area contributed by atoms with Crippen LogP contribution in [0.25, 0.3) is 5.57 Å². The number of aromatic nitrogens is 1. The van der Waals surface area contributed by atoms with Gasteiger partial charge in [0.05, 0.1) is 5.69 Å². The van der Waals surface area contributed by atoms with Gasteiger partial charge < -0.3 is 0 Å². The smallest absolute Gasteiger partial charge is 0.300 e. The van der Waals surface area contributed by atoms with Crippen molar-refractivity contribution in [3.63, 3.8) is 0 Å². The number of benzene rings is 1. The fourth-order valence-electron chi connectivity index (χ4n) is 4.20. The molecular formula is C21H24ClN2O3P. The molecule has 5 nitrogen and oxygen atoms in total. The van der Waals surface area contributed by atoms with Crippen molar-refractivity contribution < 1.29 is 13.6 Å². The second-order valence-electron chi connectivity index (χ2n) is 7.08. The number of rotatable bonds is 3. The molecule has 7 heteroatoms. The van der Waals surface area contributed by atoms with E-state index in [1.807, 2.05) is 23.0 Å². The normalized spacial score (nSPS) is 17.8. The standard InChI is InChI=1S/C21H24ClN2O3P/c1-26-28(25,27-2)24-12-9-15(10-13-24)20-19-8-7-18(22)14-17(19)6-5-16-4-3-11-23-21(16)20/h3-4,7-8,11,14H,5-6,9-10,12-13H2,1-2H3. The first-order valence-corrected chi connectivity index (χ1v) is 11.3. The van der Waals surface area contributed by atoms with Crippen LogP contribution in [0.1, 0.15) is 35.2 Å². The molecule has 0 N–H and O–H groups in total. The summed E-state index contributed by atoms with van der Waals surface area (Å²) in [5.74, 6) is 0. The molecule has 0 bridgehead atoms. The average Bonchev–Trinajstić information content (AvgIpc) is 2.90. The summed E-state index contributed by atoms with van der Waals surface area (Å²) in [6.07, 6.45) is 5.34. The summed E-state index contributed by atoms with van der Waals surface area (Å²) in [5, 5.41) is 0.762. The Morgan fingerprint density at radius 3 is 2.46 bits per heavy atom. The number of halogens is 1. The van der Waals surface area contributed by atoms with Crippen molar-refractivity contribution >= 4 is 24.9 Å². The average molecular weight is 419 g/mol.